The van der Waals surface area contributed by atoms with Gasteiger partial charge in [-0.05, 0) is 62.2 Å². The Balaban J connectivity index is 1.66. The molecule has 0 fully saturated rings. The Hall–Kier alpha value is -2.76. The molecule has 3 aromatic rings. The van der Waals surface area contributed by atoms with Crippen LogP contribution in [0.25, 0.3) is 10.9 Å². The van der Waals surface area contributed by atoms with Crippen molar-refractivity contribution >= 4 is 16.8 Å². The highest BCUT2D eigenvalue weighted by Gasteiger charge is 2.30. The molecule has 0 spiro atoms. The van der Waals surface area contributed by atoms with Crippen LogP contribution in [0.15, 0.2) is 42.5 Å². The minimum Gasteiger partial charge on any atom is -0.358 e. The molecule has 0 bridgehead atoms. The maximum Gasteiger partial charge on any atom is 0.416 e. The van der Waals surface area contributed by atoms with Crippen molar-refractivity contribution < 1.29 is 18.0 Å². The Morgan fingerprint density at radius 2 is 1.77 bits per heavy atom. The second kappa shape index (κ2) is 6.86. The Labute approximate surface area is 149 Å². The summed E-state index contributed by atoms with van der Waals surface area (Å²) in [5.41, 5.74) is 3.85. The van der Waals surface area contributed by atoms with Crippen LogP contribution >= 0.6 is 0 Å². The molecular weight excluding hydrogens is 341 g/mol. The first kappa shape index (κ1) is 18.0. The zero-order valence-electron chi connectivity index (χ0n) is 14.5. The molecule has 26 heavy (non-hydrogen) atoms. The van der Waals surface area contributed by atoms with E-state index in [1.807, 2.05) is 26.0 Å². The number of carbonyl (C=O) groups excluding carboxylic acids is 1. The average Bonchev–Trinajstić information content (AvgIpc) is 2.89. The number of H-pyrrole nitrogens is 1. The van der Waals surface area contributed by atoms with Crippen LogP contribution < -0.4 is 5.32 Å². The highest BCUT2D eigenvalue weighted by atomic mass is 19.4. The number of fused-ring (bicyclic) bond motifs is 1. The van der Waals surface area contributed by atoms with Gasteiger partial charge in [-0.1, -0.05) is 11.6 Å². The van der Waals surface area contributed by atoms with Gasteiger partial charge in [-0.25, -0.2) is 0 Å². The molecular formula is C20H19F3N2O. The monoisotopic (exact) mass is 360 g/mol. The number of benzene rings is 2. The number of aromatic amines is 1. The van der Waals surface area contributed by atoms with Gasteiger partial charge in [-0.3, -0.25) is 4.79 Å². The number of aryl methyl sites for hydroxylation is 2. The van der Waals surface area contributed by atoms with E-state index in [-0.39, 0.29) is 11.5 Å². The number of aromatic nitrogens is 1. The molecule has 0 aliphatic carbocycles. The number of alkyl halides is 3. The summed E-state index contributed by atoms with van der Waals surface area (Å²) in [6.07, 6.45) is -3.76. The fourth-order valence-corrected chi connectivity index (χ4v) is 3.03. The average molecular weight is 360 g/mol. The van der Waals surface area contributed by atoms with Crippen LogP contribution in [0.5, 0.6) is 0 Å². The van der Waals surface area contributed by atoms with Gasteiger partial charge in [0, 0.05) is 28.7 Å². The minimum absolute atomic E-state index is 0.212. The van der Waals surface area contributed by atoms with Gasteiger partial charge in [0.2, 0.25) is 0 Å². The second-order valence-corrected chi connectivity index (χ2v) is 6.36. The molecule has 0 saturated heterocycles. The standard InChI is InChI=1S/C20H19F3N2O/c1-12-3-8-18-17(11-12)16(13(2)25-18)9-10-24-19(26)14-4-6-15(7-5-14)20(21,22)23/h3-8,11,25H,9-10H2,1-2H3,(H,24,26). The number of carbonyl (C=O) groups is 1. The molecule has 0 saturated carbocycles. The lowest BCUT2D eigenvalue weighted by molar-refractivity contribution is -0.137. The van der Waals surface area contributed by atoms with Crippen molar-refractivity contribution in [3.63, 3.8) is 0 Å². The summed E-state index contributed by atoms with van der Waals surface area (Å²) in [5.74, 6) is -0.382. The zero-order chi connectivity index (χ0) is 18.9. The molecule has 1 amide bonds. The van der Waals surface area contributed by atoms with Crippen LogP contribution in [0.1, 0.15) is 32.7 Å². The maximum absolute atomic E-state index is 12.6. The smallest absolute Gasteiger partial charge is 0.358 e. The van der Waals surface area contributed by atoms with E-state index in [2.05, 4.69) is 16.4 Å². The molecule has 3 nitrogen and oxygen atoms in total. The van der Waals surface area contributed by atoms with E-state index in [4.69, 9.17) is 0 Å². The summed E-state index contributed by atoms with van der Waals surface area (Å²) < 4.78 is 37.7. The van der Waals surface area contributed by atoms with Crippen molar-refractivity contribution in [3.05, 3.63) is 70.4 Å². The van der Waals surface area contributed by atoms with Gasteiger partial charge in [-0.15, -0.1) is 0 Å². The van der Waals surface area contributed by atoms with E-state index in [0.29, 0.717) is 13.0 Å². The van der Waals surface area contributed by atoms with Gasteiger partial charge in [0.1, 0.15) is 0 Å². The third-order valence-electron chi connectivity index (χ3n) is 4.41. The summed E-state index contributed by atoms with van der Waals surface area (Å²) in [7, 11) is 0. The van der Waals surface area contributed by atoms with Crippen LogP contribution in [-0.2, 0) is 12.6 Å². The Bertz CT molecular complexity index is 940. The van der Waals surface area contributed by atoms with Crippen molar-refractivity contribution in [2.75, 3.05) is 6.54 Å². The fraction of sp³-hybridized carbons (Fsp3) is 0.250. The molecule has 0 aliphatic rings. The van der Waals surface area contributed by atoms with Crippen LogP contribution in [0.3, 0.4) is 0 Å². The van der Waals surface area contributed by atoms with Gasteiger partial charge in [-0.2, -0.15) is 13.2 Å². The molecule has 0 radical (unpaired) electrons. The Morgan fingerprint density at radius 1 is 1.08 bits per heavy atom. The lowest BCUT2D eigenvalue weighted by Gasteiger charge is -2.09. The normalized spacial score (nSPS) is 11.7. The van der Waals surface area contributed by atoms with Crippen LogP contribution in [0, 0.1) is 13.8 Å². The number of amides is 1. The molecule has 1 aromatic heterocycles. The van der Waals surface area contributed by atoms with E-state index < -0.39 is 11.7 Å². The van der Waals surface area contributed by atoms with Crippen molar-refractivity contribution in [2.24, 2.45) is 0 Å². The highest BCUT2D eigenvalue weighted by Crippen LogP contribution is 2.29. The quantitative estimate of drug-likeness (QED) is 0.691. The van der Waals surface area contributed by atoms with E-state index in [1.165, 1.54) is 12.1 Å². The SMILES string of the molecule is Cc1ccc2[nH]c(C)c(CCNC(=O)c3ccc(C(F)(F)F)cc3)c2c1. The van der Waals surface area contributed by atoms with E-state index in [9.17, 15) is 18.0 Å². The number of hydrogen-bond donors (Lipinski definition) is 2. The number of nitrogens with one attached hydrogen (secondary N) is 2. The first-order valence-corrected chi connectivity index (χ1v) is 8.29. The molecule has 2 aromatic carbocycles. The summed E-state index contributed by atoms with van der Waals surface area (Å²) in [6, 6.07) is 10.4. The predicted molar refractivity (Wildman–Crippen MR) is 95.3 cm³/mol. The van der Waals surface area contributed by atoms with Crippen LogP contribution in [-0.4, -0.2) is 17.4 Å². The van der Waals surface area contributed by atoms with Crippen molar-refractivity contribution in [1.82, 2.24) is 10.3 Å². The highest BCUT2D eigenvalue weighted by molar-refractivity contribution is 5.94. The lowest BCUT2D eigenvalue weighted by Crippen LogP contribution is -2.25. The molecule has 0 unspecified atom stereocenters. The van der Waals surface area contributed by atoms with Gasteiger partial charge in [0.05, 0.1) is 5.56 Å². The van der Waals surface area contributed by atoms with E-state index in [0.717, 1.165) is 39.9 Å². The van der Waals surface area contributed by atoms with Gasteiger partial charge < -0.3 is 10.3 Å². The summed E-state index contributed by atoms with van der Waals surface area (Å²) in [6.45, 7) is 4.42. The maximum atomic E-state index is 12.6. The number of hydrogen-bond acceptors (Lipinski definition) is 1. The Kier molecular flexibility index (Phi) is 4.76. The van der Waals surface area contributed by atoms with Gasteiger partial charge in [0.25, 0.3) is 5.91 Å². The Morgan fingerprint density at radius 3 is 2.42 bits per heavy atom. The molecule has 2 N–H and O–H groups in total. The predicted octanol–water partition coefficient (Wildman–Crippen LogP) is 4.78. The first-order valence-electron chi connectivity index (χ1n) is 8.29. The lowest BCUT2D eigenvalue weighted by atomic mass is 10.1. The third-order valence-corrected chi connectivity index (χ3v) is 4.41. The fourth-order valence-electron chi connectivity index (χ4n) is 3.03. The van der Waals surface area contributed by atoms with Gasteiger partial charge >= 0.3 is 6.18 Å². The van der Waals surface area contributed by atoms with E-state index in [1.54, 1.807) is 0 Å². The summed E-state index contributed by atoms with van der Waals surface area (Å²) in [5, 5.41) is 3.90. The largest absolute Gasteiger partial charge is 0.416 e. The zero-order valence-corrected chi connectivity index (χ0v) is 14.5. The minimum atomic E-state index is -4.40. The molecule has 136 valence electrons. The molecule has 0 aliphatic heterocycles. The van der Waals surface area contributed by atoms with Crippen LogP contribution in [0.4, 0.5) is 13.2 Å². The number of rotatable bonds is 4. The number of halogens is 3. The molecule has 0 atom stereocenters. The molecule has 6 heteroatoms. The summed E-state index contributed by atoms with van der Waals surface area (Å²) in [4.78, 5) is 15.5. The topological polar surface area (TPSA) is 44.9 Å². The first-order chi connectivity index (χ1) is 12.3. The van der Waals surface area contributed by atoms with Crippen molar-refractivity contribution in [1.29, 1.82) is 0 Å². The van der Waals surface area contributed by atoms with Gasteiger partial charge in [0.15, 0.2) is 0 Å². The van der Waals surface area contributed by atoms with Crippen molar-refractivity contribution in [2.45, 2.75) is 26.4 Å². The van der Waals surface area contributed by atoms with Crippen molar-refractivity contribution in [3.8, 4) is 0 Å². The third kappa shape index (κ3) is 3.74. The van der Waals surface area contributed by atoms with Crippen LogP contribution in [0.2, 0.25) is 0 Å². The molecule has 3 rings (SSSR count). The summed E-state index contributed by atoms with van der Waals surface area (Å²) >= 11 is 0. The van der Waals surface area contributed by atoms with E-state index >= 15 is 0 Å². The second-order valence-electron chi connectivity index (χ2n) is 6.36. The molecule has 1 heterocycles.